The number of carbonyl (C=O) groups is 1. The number of methoxy groups -OCH3 is 1. The standard InChI is InChI=1S/C19H24N4O3/c1-25-16-5-7-17(8-6-16)26-15-2-4-18(24)22-11-13-23(14-12-22)19-20-9-3-10-21-19/h3,5-10H,2,4,11-15H2,1H3. The highest BCUT2D eigenvalue weighted by Crippen LogP contribution is 2.17. The van der Waals surface area contributed by atoms with Crippen LogP contribution < -0.4 is 14.4 Å². The maximum atomic E-state index is 12.3. The number of hydrogen-bond acceptors (Lipinski definition) is 6. The fraction of sp³-hybridized carbons (Fsp3) is 0.421. The highest BCUT2D eigenvalue weighted by atomic mass is 16.5. The Morgan fingerprint density at radius 2 is 1.69 bits per heavy atom. The van der Waals surface area contributed by atoms with Gasteiger partial charge in [0.25, 0.3) is 0 Å². The zero-order valence-electron chi connectivity index (χ0n) is 15.0. The molecule has 1 aliphatic rings. The van der Waals surface area contributed by atoms with Gasteiger partial charge in [0.05, 0.1) is 13.7 Å². The monoisotopic (exact) mass is 356 g/mol. The molecule has 26 heavy (non-hydrogen) atoms. The number of benzene rings is 1. The number of amides is 1. The summed E-state index contributed by atoms with van der Waals surface area (Å²) in [7, 11) is 1.63. The van der Waals surface area contributed by atoms with Crippen molar-refractivity contribution in [2.75, 3.05) is 44.8 Å². The van der Waals surface area contributed by atoms with Gasteiger partial charge in [-0.1, -0.05) is 0 Å². The van der Waals surface area contributed by atoms with Gasteiger partial charge in [0.15, 0.2) is 0 Å². The number of piperazine rings is 1. The van der Waals surface area contributed by atoms with E-state index in [9.17, 15) is 4.79 Å². The van der Waals surface area contributed by atoms with Crippen molar-refractivity contribution in [1.82, 2.24) is 14.9 Å². The Bertz CT molecular complexity index is 686. The fourth-order valence-corrected chi connectivity index (χ4v) is 2.85. The van der Waals surface area contributed by atoms with Crippen LogP contribution in [0, 0.1) is 0 Å². The first kappa shape index (κ1) is 18.0. The maximum absolute atomic E-state index is 12.3. The summed E-state index contributed by atoms with van der Waals surface area (Å²) in [5.41, 5.74) is 0. The largest absolute Gasteiger partial charge is 0.497 e. The van der Waals surface area contributed by atoms with Gasteiger partial charge in [-0.25, -0.2) is 9.97 Å². The van der Waals surface area contributed by atoms with Gasteiger partial charge >= 0.3 is 0 Å². The van der Waals surface area contributed by atoms with Crippen LogP contribution in [0.25, 0.3) is 0 Å². The summed E-state index contributed by atoms with van der Waals surface area (Å²) in [6, 6.07) is 9.25. The molecule has 0 N–H and O–H groups in total. The number of hydrogen-bond donors (Lipinski definition) is 0. The van der Waals surface area contributed by atoms with E-state index in [0.29, 0.717) is 32.5 Å². The lowest BCUT2D eigenvalue weighted by molar-refractivity contribution is -0.131. The zero-order chi connectivity index (χ0) is 18.2. The smallest absolute Gasteiger partial charge is 0.225 e. The predicted octanol–water partition coefficient (Wildman–Crippen LogP) is 1.99. The number of rotatable bonds is 7. The molecule has 1 aliphatic heterocycles. The van der Waals surface area contributed by atoms with E-state index >= 15 is 0 Å². The van der Waals surface area contributed by atoms with E-state index in [4.69, 9.17) is 9.47 Å². The second-order valence-electron chi connectivity index (χ2n) is 6.04. The normalized spacial score (nSPS) is 14.2. The molecule has 0 saturated carbocycles. The van der Waals surface area contributed by atoms with Crippen molar-refractivity contribution in [3.05, 3.63) is 42.7 Å². The van der Waals surface area contributed by atoms with Crippen LogP contribution in [0.15, 0.2) is 42.7 Å². The second kappa shape index (κ2) is 9.03. The number of anilines is 1. The van der Waals surface area contributed by atoms with Crippen molar-refractivity contribution in [1.29, 1.82) is 0 Å². The van der Waals surface area contributed by atoms with Crippen molar-refractivity contribution >= 4 is 11.9 Å². The molecular weight excluding hydrogens is 332 g/mol. The maximum Gasteiger partial charge on any atom is 0.225 e. The van der Waals surface area contributed by atoms with Crippen LogP contribution in [0.2, 0.25) is 0 Å². The molecule has 1 amide bonds. The lowest BCUT2D eigenvalue weighted by Crippen LogP contribution is -2.49. The third-order valence-corrected chi connectivity index (χ3v) is 4.33. The summed E-state index contributed by atoms with van der Waals surface area (Å²) in [6.45, 7) is 3.46. The lowest BCUT2D eigenvalue weighted by Gasteiger charge is -2.34. The molecule has 1 aromatic carbocycles. The van der Waals surface area contributed by atoms with Crippen molar-refractivity contribution in [2.24, 2.45) is 0 Å². The van der Waals surface area contributed by atoms with Gasteiger partial charge in [-0.2, -0.15) is 0 Å². The highest BCUT2D eigenvalue weighted by molar-refractivity contribution is 5.76. The van der Waals surface area contributed by atoms with E-state index in [-0.39, 0.29) is 5.91 Å². The molecule has 0 spiro atoms. The third-order valence-electron chi connectivity index (χ3n) is 4.33. The molecule has 2 aromatic rings. The lowest BCUT2D eigenvalue weighted by atomic mass is 10.2. The second-order valence-corrected chi connectivity index (χ2v) is 6.04. The van der Waals surface area contributed by atoms with E-state index in [1.165, 1.54) is 0 Å². The molecule has 138 valence electrons. The summed E-state index contributed by atoms with van der Waals surface area (Å²) in [5.74, 6) is 2.49. The first-order valence-electron chi connectivity index (χ1n) is 8.83. The molecule has 0 atom stereocenters. The van der Waals surface area contributed by atoms with Gasteiger partial charge in [-0.3, -0.25) is 4.79 Å². The van der Waals surface area contributed by atoms with Crippen LogP contribution in [0.5, 0.6) is 11.5 Å². The predicted molar refractivity (Wildman–Crippen MR) is 98.5 cm³/mol. The molecule has 1 fully saturated rings. The van der Waals surface area contributed by atoms with Crippen LogP contribution in [0.4, 0.5) is 5.95 Å². The summed E-state index contributed by atoms with van der Waals surface area (Å²) >= 11 is 0. The molecule has 0 unspecified atom stereocenters. The average Bonchev–Trinajstić information content (AvgIpc) is 2.72. The Labute approximate surface area is 153 Å². The van der Waals surface area contributed by atoms with Gasteiger partial charge < -0.3 is 19.3 Å². The summed E-state index contributed by atoms with van der Waals surface area (Å²) in [6.07, 6.45) is 4.68. The van der Waals surface area contributed by atoms with Crippen LogP contribution in [0.1, 0.15) is 12.8 Å². The molecule has 3 rings (SSSR count). The first-order chi connectivity index (χ1) is 12.8. The molecule has 0 bridgehead atoms. The van der Waals surface area contributed by atoms with Crippen molar-refractivity contribution in [3.63, 3.8) is 0 Å². The van der Waals surface area contributed by atoms with Crippen molar-refractivity contribution < 1.29 is 14.3 Å². The van der Waals surface area contributed by atoms with Gasteiger partial charge in [0.2, 0.25) is 11.9 Å². The molecule has 7 heteroatoms. The van der Waals surface area contributed by atoms with Gasteiger partial charge in [0.1, 0.15) is 11.5 Å². The van der Waals surface area contributed by atoms with E-state index < -0.39 is 0 Å². The van der Waals surface area contributed by atoms with Crippen LogP contribution >= 0.6 is 0 Å². The van der Waals surface area contributed by atoms with Crippen molar-refractivity contribution in [2.45, 2.75) is 12.8 Å². The van der Waals surface area contributed by atoms with E-state index in [1.54, 1.807) is 25.6 Å². The van der Waals surface area contributed by atoms with Gasteiger partial charge in [-0.05, 0) is 36.8 Å². The minimum atomic E-state index is 0.178. The molecule has 0 radical (unpaired) electrons. The van der Waals surface area contributed by atoms with Gasteiger partial charge in [0, 0.05) is 45.0 Å². The van der Waals surface area contributed by atoms with E-state index in [2.05, 4.69) is 14.9 Å². The molecule has 1 saturated heterocycles. The Kier molecular flexibility index (Phi) is 6.24. The van der Waals surface area contributed by atoms with Gasteiger partial charge in [-0.15, -0.1) is 0 Å². The summed E-state index contributed by atoms with van der Waals surface area (Å²) in [4.78, 5) is 24.9. The Morgan fingerprint density at radius 1 is 1.04 bits per heavy atom. The van der Waals surface area contributed by atoms with Crippen LogP contribution in [0.3, 0.4) is 0 Å². The Hall–Kier alpha value is -2.83. The first-order valence-corrected chi connectivity index (χ1v) is 8.83. The SMILES string of the molecule is COc1ccc(OCCCC(=O)N2CCN(c3ncccn3)CC2)cc1. The summed E-state index contributed by atoms with van der Waals surface area (Å²) in [5, 5.41) is 0. The Morgan fingerprint density at radius 3 is 2.35 bits per heavy atom. The average molecular weight is 356 g/mol. The fourth-order valence-electron chi connectivity index (χ4n) is 2.85. The minimum Gasteiger partial charge on any atom is -0.497 e. The zero-order valence-corrected chi connectivity index (χ0v) is 15.0. The molecule has 0 aliphatic carbocycles. The topological polar surface area (TPSA) is 67.8 Å². The highest BCUT2D eigenvalue weighted by Gasteiger charge is 2.21. The van der Waals surface area contributed by atoms with Crippen molar-refractivity contribution in [3.8, 4) is 11.5 Å². The molecule has 1 aromatic heterocycles. The quantitative estimate of drug-likeness (QED) is 0.707. The third kappa shape index (κ3) is 4.84. The number of aromatic nitrogens is 2. The molecule has 2 heterocycles. The van der Waals surface area contributed by atoms with Crippen LogP contribution in [-0.2, 0) is 4.79 Å². The van der Waals surface area contributed by atoms with E-state index in [1.807, 2.05) is 29.2 Å². The van der Waals surface area contributed by atoms with E-state index in [0.717, 1.165) is 30.5 Å². The number of carbonyl (C=O) groups excluding carboxylic acids is 1. The Balaban J connectivity index is 1.35. The molecule has 7 nitrogen and oxygen atoms in total. The number of ether oxygens (including phenoxy) is 2. The number of nitrogens with zero attached hydrogens (tertiary/aromatic N) is 4. The van der Waals surface area contributed by atoms with Crippen LogP contribution in [-0.4, -0.2) is 60.7 Å². The summed E-state index contributed by atoms with van der Waals surface area (Å²) < 4.78 is 10.8. The minimum absolute atomic E-state index is 0.178. The molecular formula is C19H24N4O3.